The summed E-state index contributed by atoms with van der Waals surface area (Å²) >= 11 is 0. The highest BCUT2D eigenvalue weighted by Gasteiger charge is 2.60. The van der Waals surface area contributed by atoms with Gasteiger partial charge < -0.3 is 54.8 Å². The Hall–Kier alpha value is -0.930. The van der Waals surface area contributed by atoms with Gasteiger partial charge in [0.2, 0.25) is 0 Å². The molecule has 0 aromatic carbocycles. The SMILES string of the molecule is CO[C@H]1O[C@H](C2=NO[C@@]3(C2)O[C@H](CO)[C@H](O)[C@H](O)[C@H]3O)[C@@H](O)[C@H](O)[C@H]1O. The topological polar surface area (TPSA) is 191 Å². The highest BCUT2D eigenvalue weighted by Crippen LogP contribution is 2.39. The van der Waals surface area contributed by atoms with E-state index in [9.17, 15) is 35.7 Å². The van der Waals surface area contributed by atoms with Crippen molar-refractivity contribution in [3.8, 4) is 0 Å². The summed E-state index contributed by atoms with van der Waals surface area (Å²) < 4.78 is 15.7. The van der Waals surface area contributed by atoms with Crippen LogP contribution in [0.4, 0.5) is 0 Å². The molecule has 2 saturated heterocycles. The summed E-state index contributed by atoms with van der Waals surface area (Å²) in [6.07, 6.45) is -13.6. The second-order valence-corrected chi connectivity index (χ2v) is 6.56. The lowest BCUT2D eigenvalue weighted by Gasteiger charge is -2.44. The Balaban J connectivity index is 1.78. The lowest BCUT2D eigenvalue weighted by molar-refractivity contribution is -0.355. The van der Waals surface area contributed by atoms with Crippen molar-refractivity contribution in [2.24, 2.45) is 5.16 Å². The van der Waals surface area contributed by atoms with Crippen molar-refractivity contribution >= 4 is 5.71 Å². The van der Waals surface area contributed by atoms with E-state index in [-0.39, 0.29) is 12.1 Å². The van der Waals surface area contributed by atoms with Gasteiger partial charge in [-0.1, -0.05) is 5.16 Å². The Kier molecular flexibility index (Phi) is 5.52. The first-order valence-corrected chi connectivity index (χ1v) is 8.06. The van der Waals surface area contributed by atoms with Crippen LogP contribution < -0.4 is 0 Å². The standard InChI is InChI=1S/C14H23NO11/c1-23-13-10(21)7(18)8(19)11(24-13)4-2-14(26-15-4)12(22)9(20)6(17)5(3-16)25-14/h5-13,16-22H,2-3H2,1H3/t5-,6+,7+,8+,9+,10-,11-,12-,13+,14-/m1/s1. The first-order chi connectivity index (χ1) is 12.3. The van der Waals surface area contributed by atoms with Gasteiger partial charge in [-0.25, -0.2) is 0 Å². The molecule has 3 rings (SSSR count). The largest absolute Gasteiger partial charge is 0.394 e. The van der Waals surface area contributed by atoms with Crippen molar-refractivity contribution in [1.29, 1.82) is 0 Å². The summed E-state index contributed by atoms with van der Waals surface area (Å²) in [5, 5.41) is 73.0. The quantitative estimate of drug-likeness (QED) is 0.249. The minimum atomic E-state index is -1.91. The van der Waals surface area contributed by atoms with Gasteiger partial charge in [0.15, 0.2) is 12.4 Å². The third-order valence-electron chi connectivity index (χ3n) is 4.91. The van der Waals surface area contributed by atoms with E-state index in [0.29, 0.717) is 0 Å². The molecule has 7 N–H and O–H groups in total. The molecule has 12 heteroatoms. The van der Waals surface area contributed by atoms with E-state index in [0.717, 1.165) is 0 Å². The molecule has 0 amide bonds. The normalized spacial score (nSPS) is 52.0. The van der Waals surface area contributed by atoms with Gasteiger partial charge in [-0.3, -0.25) is 0 Å². The molecule has 3 heterocycles. The molecule has 0 unspecified atom stereocenters. The fraction of sp³-hybridized carbons (Fsp3) is 0.929. The average molecular weight is 381 g/mol. The number of hydrogen-bond acceptors (Lipinski definition) is 12. The first kappa shape index (κ1) is 19.8. The molecule has 0 bridgehead atoms. The monoisotopic (exact) mass is 381 g/mol. The number of rotatable bonds is 3. The van der Waals surface area contributed by atoms with Gasteiger partial charge in [-0.15, -0.1) is 0 Å². The number of oxime groups is 1. The molecule has 12 nitrogen and oxygen atoms in total. The highest BCUT2D eigenvalue weighted by atomic mass is 16.8. The van der Waals surface area contributed by atoms with Crippen LogP contribution in [0.5, 0.6) is 0 Å². The van der Waals surface area contributed by atoms with Crippen molar-refractivity contribution in [1.82, 2.24) is 0 Å². The zero-order valence-electron chi connectivity index (χ0n) is 13.8. The van der Waals surface area contributed by atoms with Crippen molar-refractivity contribution in [2.45, 2.75) is 67.3 Å². The van der Waals surface area contributed by atoms with Crippen molar-refractivity contribution in [2.75, 3.05) is 13.7 Å². The van der Waals surface area contributed by atoms with Gasteiger partial charge in [0, 0.05) is 7.11 Å². The molecular formula is C14H23NO11. The zero-order valence-corrected chi connectivity index (χ0v) is 13.8. The summed E-state index contributed by atoms with van der Waals surface area (Å²) in [5.41, 5.74) is 0.0184. The van der Waals surface area contributed by atoms with Crippen LogP contribution in [-0.2, 0) is 19.0 Å². The van der Waals surface area contributed by atoms with E-state index < -0.39 is 67.5 Å². The molecule has 0 aromatic rings. The Morgan fingerprint density at radius 1 is 1.04 bits per heavy atom. The maximum Gasteiger partial charge on any atom is 0.271 e. The summed E-state index contributed by atoms with van der Waals surface area (Å²) in [6, 6.07) is 0. The lowest BCUT2D eigenvalue weighted by Crippen LogP contribution is -2.66. The van der Waals surface area contributed by atoms with Crippen LogP contribution in [0.1, 0.15) is 6.42 Å². The third kappa shape index (κ3) is 3.01. The first-order valence-electron chi connectivity index (χ1n) is 8.06. The average Bonchev–Trinajstić information content (AvgIpc) is 3.06. The Labute approximate surface area is 147 Å². The number of aliphatic hydroxyl groups excluding tert-OH is 7. The molecule has 2 fully saturated rings. The van der Waals surface area contributed by atoms with E-state index in [1.807, 2.05) is 0 Å². The summed E-state index contributed by atoms with van der Waals surface area (Å²) in [4.78, 5) is 5.15. The maximum absolute atomic E-state index is 10.3. The second-order valence-electron chi connectivity index (χ2n) is 6.56. The molecule has 0 radical (unpaired) electrons. The molecule has 26 heavy (non-hydrogen) atoms. The number of ether oxygens (including phenoxy) is 3. The van der Waals surface area contributed by atoms with Gasteiger partial charge in [-0.2, -0.15) is 0 Å². The predicted molar refractivity (Wildman–Crippen MR) is 79.5 cm³/mol. The van der Waals surface area contributed by atoms with Crippen LogP contribution in [0.15, 0.2) is 5.16 Å². The summed E-state index contributed by atoms with van der Waals surface area (Å²) in [6.45, 7) is -0.648. The number of nitrogens with zero attached hydrogens (tertiary/aromatic N) is 1. The molecule has 10 atom stereocenters. The van der Waals surface area contributed by atoms with E-state index in [2.05, 4.69) is 5.16 Å². The second kappa shape index (κ2) is 7.24. The Bertz CT molecular complexity index is 543. The van der Waals surface area contributed by atoms with Crippen LogP contribution >= 0.6 is 0 Å². The number of methoxy groups -OCH3 is 1. The molecule has 0 aliphatic carbocycles. The summed E-state index contributed by atoms with van der Waals surface area (Å²) in [7, 11) is 1.24. The van der Waals surface area contributed by atoms with Crippen LogP contribution in [0.25, 0.3) is 0 Å². The number of aliphatic hydroxyl groups is 7. The third-order valence-corrected chi connectivity index (χ3v) is 4.91. The van der Waals surface area contributed by atoms with E-state index in [1.165, 1.54) is 7.11 Å². The molecule has 3 aliphatic heterocycles. The van der Waals surface area contributed by atoms with Gasteiger partial charge in [-0.05, 0) is 0 Å². The van der Waals surface area contributed by atoms with E-state index >= 15 is 0 Å². The molecular weight excluding hydrogens is 358 g/mol. The van der Waals surface area contributed by atoms with Gasteiger partial charge in [0.1, 0.15) is 42.7 Å². The van der Waals surface area contributed by atoms with Crippen molar-refractivity contribution in [3.05, 3.63) is 0 Å². The summed E-state index contributed by atoms with van der Waals surface area (Å²) in [5.74, 6) is -1.91. The molecule has 0 aromatic heterocycles. The van der Waals surface area contributed by atoms with Gasteiger partial charge in [0.25, 0.3) is 5.79 Å². The molecule has 0 saturated carbocycles. The van der Waals surface area contributed by atoms with Crippen LogP contribution in [0, 0.1) is 0 Å². The lowest BCUT2D eigenvalue weighted by atomic mass is 9.87. The van der Waals surface area contributed by atoms with Crippen molar-refractivity contribution < 1.29 is 54.8 Å². The maximum atomic E-state index is 10.3. The minimum Gasteiger partial charge on any atom is -0.394 e. The van der Waals surface area contributed by atoms with Crippen LogP contribution in [-0.4, -0.2) is 116 Å². The van der Waals surface area contributed by atoms with E-state index in [4.69, 9.17) is 19.0 Å². The van der Waals surface area contributed by atoms with Crippen LogP contribution in [0.2, 0.25) is 0 Å². The molecule has 150 valence electrons. The van der Waals surface area contributed by atoms with Crippen molar-refractivity contribution in [3.63, 3.8) is 0 Å². The smallest absolute Gasteiger partial charge is 0.271 e. The zero-order chi connectivity index (χ0) is 19.2. The minimum absolute atomic E-state index is 0.0184. The molecule has 1 spiro atoms. The number of hydrogen-bond donors (Lipinski definition) is 7. The van der Waals surface area contributed by atoms with Gasteiger partial charge >= 0.3 is 0 Å². The Morgan fingerprint density at radius 2 is 1.73 bits per heavy atom. The van der Waals surface area contributed by atoms with E-state index in [1.54, 1.807) is 0 Å². The Morgan fingerprint density at radius 3 is 2.35 bits per heavy atom. The fourth-order valence-corrected chi connectivity index (χ4v) is 3.35. The van der Waals surface area contributed by atoms with Gasteiger partial charge in [0.05, 0.1) is 18.7 Å². The predicted octanol–water partition coefficient (Wildman–Crippen LogP) is -4.61. The highest BCUT2D eigenvalue weighted by molar-refractivity contribution is 5.91. The fourth-order valence-electron chi connectivity index (χ4n) is 3.35. The van der Waals surface area contributed by atoms with Crippen LogP contribution in [0.3, 0.4) is 0 Å². The molecule has 3 aliphatic rings.